The summed E-state index contributed by atoms with van der Waals surface area (Å²) in [4.78, 5) is 23.3. The standard InChI is InChI=1S/C19H18F2N4O/c1-2-25-17(23-16-4-3-8-22-18(16)25)12-7-9-24(11-12)19(26)14-10-13(20)5-6-15(14)21/h3-6,8,10,12H,2,7,9,11H2,1H3/t12-/m1/s1. The third kappa shape index (κ3) is 2.73. The van der Waals surface area contributed by atoms with Crippen LogP contribution in [0, 0.1) is 11.6 Å². The molecule has 0 unspecified atom stereocenters. The van der Waals surface area contributed by atoms with E-state index in [9.17, 15) is 13.6 Å². The summed E-state index contributed by atoms with van der Waals surface area (Å²) >= 11 is 0. The molecule has 1 fully saturated rings. The van der Waals surface area contributed by atoms with Crippen LogP contribution < -0.4 is 0 Å². The predicted molar refractivity (Wildman–Crippen MR) is 92.8 cm³/mol. The molecule has 0 N–H and O–H groups in total. The molecule has 26 heavy (non-hydrogen) atoms. The summed E-state index contributed by atoms with van der Waals surface area (Å²) in [5, 5.41) is 0. The highest BCUT2D eigenvalue weighted by Crippen LogP contribution is 2.30. The van der Waals surface area contributed by atoms with Gasteiger partial charge in [-0.3, -0.25) is 4.79 Å². The van der Waals surface area contributed by atoms with Crippen LogP contribution >= 0.6 is 0 Å². The van der Waals surface area contributed by atoms with Crippen LogP contribution in [0.1, 0.15) is 35.4 Å². The zero-order valence-corrected chi connectivity index (χ0v) is 14.3. The van der Waals surface area contributed by atoms with Gasteiger partial charge in [0.15, 0.2) is 5.65 Å². The highest BCUT2D eigenvalue weighted by molar-refractivity contribution is 5.94. The highest BCUT2D eigenvalue weighted by Gasteiger charge is 2.32. The number of halogens is 2. The normalized spacial score (nSPS) is 17.2. The van der Waals surface area contributed by atoms with Crippen LogP contribution in [0.15, 0.2) is 36.5 Å². The molecule has 1 aliphatic rings. The van der Waals surface area contributed by atoms with Crippen molar-refractivity contribution >= 4 is 17.1 Å². The topological polar surface area (TPSA) is 51.0 Å². The number of carbonyl (C=O) groups excluding carboxylic acids is 1. The van der Waals surface area contributed by atoms with Gasteiger partial charge >= 0.3 is 0 Å². The number of imidazole rings is 1. The van der Waals surface area contributed by atoms with Crippen molar-refractivity contribution in [3.8, 4) is 0 Å². The van der Waals surface area contributed by atoms with Gasteiger partial charge in [-0.2, -0.15) is 0 Å². The lowest BCUT2D eigenvalue weighted by Gasteiger charge is -2.17. The van der Waals surface area contributed by atoms with Crippen LogP contribution in [0.4, 0.5) is 8.78 Å². The second-order valence-corrected chi connectivity index (χ2v) is 6.42. The molecule has 0 spiro atoms. The molecule has 134 valence electrons. The minimum absolute atomic E-state index is 0.0460. The summed E-state index contributed by atoms with van der Waals surface area (Å²) in [5.41, 5.74) is 1.42. The Morgan fingerprint density at radius 1 is 1.31 bits per heavy atom. The quantitative estimate of drug-likeness (QED) is 0.723. The average molecular weight is 356 g/mol. The summed E-state index contributed by atoms with van der Waals surface area (Å²) < 4.78 is 29.4. The number of nitrogens with zero attached hydrogens (tertiary/aromatic N) is 4. The molecule has 1 aromatic carbocycles. The Kier molecular flexibility index (Phi) is 4.14. The molecule has 1 saturated heterocycles. The summed E-state index contributed by atoms with van der Waals surface area (Å²) in [6, 6.07) is 6.71. The minimum atomic E-state index is -0.704. The van der Waals surface area contributed by atoms with Crippen LogP contribution in [0.3, 0.4) is 0 Å². The number of carbonyl (C=O) groups is 1. The van der Waals surface area contributed by atoms with Crippen molar-refractivity contribution in [3.63, 3.8) is 0 Å². The molecule has 0 saturated carbocycles. The lowest BCUT2D eigenvalue weighted by Crippen LogP contribution is -2.29. The Balaban J connectivity index is 1.61. The van der Waals surface area contributed by atoms with Crippen molar-refractivity contribution in [1.82, 2.24) is 19.4 Å². The van der Waals surface area contributed by atoms with Crippen molar-refractivity contribution in [2.45, 2.75) is 25.8 Å². The predicted octanol–water partition coefficient (Wildman–Crippen LogP) is 3.36. The number of hydrogen-bond donors (Lipinski definition) is 0. The summed E-state index contributed by atoms with van der Waals surface area (Å²) in [6.07, 6.45) is 2.46. The Hall–Kier alpha value is -2.83. The van der Waals surface area contributed by atoms with E-state index in [4.69, 9.17) is 4.98 Å². The van der Waals surface area contributed by atoms with E-state index in [-0.39, 0.29) is 11.5 Å². The Morgan fingerprint density at radius 2 is 2.15 bits per heavy atom. The van der Waals surface area contributed by atoms with Crippen molar-refractivity contribution in [1.29, 1.82) is 0 Å². The van der Waals surface area contributed by atoms with Gasteiger partial charge in [0.1, 0.15) is 23.0 Å². The lowest BCUT2D eigenvalue weighted by molar-refractivity contribution is 0.0785. The number of fused-ring (bicyclic) bond motifs is 1. The molecule has 5 nitrogen and oxygen atoms in total. The van der Waals surface area contributed by atoms with E-state index in [2.05, 4.69) is 9.55 Å². The summed E-state index contributed by atoms with van der Waals surface area (Å²) in [5.74, 6) is -0.878. The monoisotopic (exact) mass is 356 g/mol. The maximum atomic E-state index is 13.9. The van der Waals surface area contributed by atoms with Gasteiger partial charge < -0.3 is 9.47 Å². The molecule has 2 aromatic heterocycles. The fraction of sp³-hybridized carbons (Fsp3) is 0.316. The van der Waals surface area contributed by atoms with Gasteiger partial charge in [0.05, 0.1) is 5.56 Å². The number of likely N-dealkylation sites (tertiary alicyclic amines) is 1. The van der Waals surface area contributed by atoms with E-state index in [0.717, 1.165) is 48.2 Å². The maximum Gasteiger partial charge on any atom is 0.256 e. The highest BCUT2D eigenvalue weighted by atomic mass is 19.1. The fourth-order valence-corrected chi connectivity index (χ4v) is 3.59. The molecule has 0 aliphatic carbocycles. The molecule has 1 amide bonds. The molecular weight excluding hydrogens is 338 g/mol. The number of pyridine rings is 1. The van der Waals surface area contributed by atoms with Crippen LogP contribution in [0.5, 0.6) is 0 Å². The molecule has 0 radical (unpaired) electrons. The van der Waals surface area contributed by atoms with E-state index in [1.807, 2.05) is 19.1 Å². The summed E-state index contributed by atoms with van der Waals surface area (Å²) in [7, 11) is 0. The zero-order chi connectivity index (χ0) is 18.3. The smallest absolute Gasteiger partial charge is 0.256 e. The number of aryl methyl sites for hydroxylation is 1. The molecule has 7 heteroatoms. The third-order valence-electron chi connectivity index (χ3n) is 4.85. The van der Waals surface area contributed by atoms with Gasteiger partial charge in [0.2, 0.25) is 0 Å². The number of benzene rings is 1. The maximum absolute atomic E-state index is 13.9. The number of amides is 1. The first kappa shape index (κ1) is 16.6. The van der Waals surface area contributed by atoms with Crippen molar-refractivity contribution in [3.05, 3.63) is 59.6 Å². The molecule has 1 aliphatic heterocycles. The molecule has 0 bridgehead atoms. The van der Waals surface area contributed by atoms with Crippen molar-refractivity contribution in [2.75, 3.05) is 13.1 Å². The lowest BCUT2D eigenvalue weighted by atomic mass is 10.1. The van der Waals surface area contributed by atoms with Gasteiger partial charge in [-0.15, -0.1) is 0 Å². The molecule has 3 heterocycles. The van der Waals surface area contributed by atoms with Crippen LogP contribution in [-0.2, 0) is 6.54 Å². The largest absolute Gasteiger partial charge is 0.338 e. The second kappa shape index (κ2) is 6.48. The van der Waals surface area contributed by atoms with Gasteiger partial charge in [-0.05, 0) is 43.7 Å². The van der Waals surface area contributed by atoms with Gasteiger partial charge in [-0.25, -0.2) is 18.7 Å². The Morgan fingerprint density at radius 3 is 2.96 bits per heavy atom. The first-order valence-corrected chi connectivity index (χ1v) is 8.64. The van der Waals surface area contributed by atoms with Crippen LogP contribution in [0.25, 0.3) is 11.2 Å². The summed E-state index contributed by atoms with van der Waals surface area (Å²) in [6.45, 7) is 3.67. The zero-order valence-electron chi connectivity index (χ0n) is 14.3. The van der Waals surface area contributed by atoms with Gasteiger partial charge in [-0.1, -0.05) is 0 Å². The van der Waals surface area contributed by atoms with E-state index >= 15 is 0 Å². The molecule has 1 atom stereocenters. The second-order valence-electron chi connectivity index (χ2n) is 6.42. The Bertz CT molecular complexity index is 985. The molecule has 3 aromatic rings. The Labute approximate surface area is 149 Å². The van der Waals surface area contributed by atoms with Crippen molar-refractivity contribution in [2.24, 2.45) is 0 Å². The van der Waals surface area contributed by atoms with Gasteiger partial charge in [0, 0.05) is 31.7 Å². The number of hydrogen-bond acceptors (Lipinski definition) is 3. The average Bonchev–Trinajstić information content (AvgIpc) is 3.27. The van der Waals surface area contributed by atoms with E-state index in [1.54, 1.807) is 11.1 Å². The first-order valence-electron chi connectivity index (χ1n) is 8.64. The van der Waals surface area contributed by atoms with E-state index in [1.165, 1.54) is 0 Å². The van der Waals surface area contributed by atoms with Gasteiger partial charge in [0.25, 0.3) is 5.91 Å². The number of rotatable bonds is 3. The van der Waals surface area contributed by atoms with E-state index < -0.39 is 17.5 Å². The van der Waals surface area contributed by atoms with Crippen LogP contribution in [-0.4, -0.2) is 38.4 Å². The SMILES string of the molecule is CCn1c([C@@H]2CCN(C(=O)c3cc(F)ccc3F)C2)nc2cccnc21. The van der Waals surface area contributed by atoms with E-state index in [0.29, 0.717) is 13.1 Å². The fourth-order valence-electron chi connectivity index (χ4n) is 3.59. The minimum Gasteiger partial charge on any atom is -0.338 e. The third-order valence-corrected chi connectivity index (χ3v) is 4.85. The molecule has 4 rings (SSSR count). The number of aromatic nitrogens is 3. The van der Waals surface area contributed by atoms with Crippen molar-refractivity contribution < 1.29 is 13.6 Å². The first-order chi connectivity index (χ1) is 12.6. The molecular formula is C19H18F2N4O. The van der Waals surface area contributed by atoms with Crippen LogP contribution in [0.2, 0.25) is 0 Å².